The highest BCUT2D eigenvalue weighted by Gasteiger charge is 2.16. The maximum atomic E-state index is 4.75. The number of nitrogens with zero attached hydrogens (tertiary/aromatic N) is 3. The Hall–Kier alpha value is -4.63. The van der Waals surface area contributed by atoms with Crippen molar-refractivity contribution in [2.45, 2.75) is 13.8 Å². The van der Waals surface area contributed by atoms with E-state index in [9.17, 15) is 0 Å². The van der Waals surface area contributed by atoms with Gasteiger partial charge >= 0.3 is 0 Å². The number of aryl methyl sites for hydroxylation is 1. The summed E-state index contributed by atoms with van der Waals surface area (Å²) < 4.78 is 0. The molecule has 0 amide bonds. The Balaban J connectivity index is 1.53. The summed E-state index contributed by atoms with van der Waals surface area (Å²) in [7, 11) is 0. The van der Waals surface area contributed by atoms with Crippen LogP contribution >= 0.6 is 0 Å². The number of benzene rings is 4. The van der Waals surface area contributed by atoms with E-state index < -0.39 is 0 Å². The zero-order chi connectivity index (χ0) is 24.5. The second-order valence-corrected chi connectivity index (χ2v) is 9.04. The molecule has 0 unspecified atom stereocenters. The van der Waals surface area contributed by atoms with Gasteiger partial charge in [0.05, 0.1) is 11.2 Å². The van der Waals surface area contributed by atoms with E-state index in [0.717, 1.165) is 38.9 Å². The fourth-order valence-electron chi connectivity index (χ4n) is 5.11. The minimum atomic E-state index is 0.946. The average molecular weight is 464 g/mol. The lowest BCUT2D eigenvalue weighted by molar-refractivity contribution is 1.22. The van der Waals surface area contributed by atoms with Gasteiger partial charge in [-0.15, -0.1) is 0 Å². The lowest BCUT2D eigenvalue weighted by Gasteiger charge is -2.17. The quantitative estimate of drug-likeness (QED) is 0.264. The van der Waals surface area contributed by atoms with Crippen LogP contribution in [0.2, 0.25) is 0 Å². The van der Waals surface area contributed by atoms with E-state index in [1.807, 2.05) is 30.6 Å². The first-order valence-electron chi connectivity index (χ1n) is 12.1. The van der Waals surface area contributed by atoms with Gasteiger partial charge < -0.3 is 0 Å². The Bertz CT molecular complexity index is 1690. The third kappa shape index (κ3) is 3.85. The smallest absolute Gasteiger partial charge is 0.116 e. The zero-order valence-electron chi connectivity index (χ0n) is 20.3. The van der Waals surface area contributed by atoms with Crippen LogP contribution < -0.4 is 0 Å². The molecule has 0 aliphatic rings. The Morgan fingerprint density at radius 1 is 0.583 bits per heavy atom. The molecule has 0 aliphatic heterocycles. The molecule has 2 heterocycles. The van der Waals surface area contributed by atoms with Gasteiger partial charge in [-0.3, -0.25) is 4.98 Å². The first-order valence-corrected chi connectivity index (χ1v) is 12.1. The van der Waals surface area contributed by atoms with Gasteiger partial charge in [-0.05, 0) is 71.0 Å². The van der Waals surface area contributed by atoms with Gasteiger partial charge in [-0.1, -0.05) is 78.9 Å². The standard InChI is InChI=1S/C33H25N3/c1-22-14-15-27(23(2)32(22)24-9-4-3-5-10-24)29-17-16-28(33-30(29)20-34-21-36-33)25-11-8-12-26(19-25)31-13-6-7-18-35-31/h3-21H,1-2H3. The van der Waals surface area contributed by atoms with Gasteiger partial charge in [0.15, 0.2) is 0 Å². The first-order chi connectivity index (χ1) is 17.7. The van der Waals surface area contributed by atoms with E-state index in [0.29, 0.717) is 0 Å². The van der Waals surface area contributed by atoms with Crippen molar-refractivity contribution >= 4 is 10.9 Å². The van der Waals surface area contributed by atoms with Crippen LogP contribution in [0.4, 0.5) is 0 Å². The van der Waals surface area contributed by atoms with Crippen LogP contribution in [0.3, 0.4) is 0 Å². The lowest BCUT2D eigenvalue weighted by atomic mass is 9.87. The van der Waals surface area contributed by atoms with E-state index in [1.54, 1.807) is 6.33 Å². The molecule has 0 atom stereocenters. The Labute approximate surface area is 211 Å². The molecule has 4 aromatic carbocycles. The van der Waals surface area contributed by atoms with Crippen LogP contribution in [0.5, 0.6) is 0 Å². The van der Waals surface area contributed by atoms with E-state index in [1.165, 1.54) is 27.8 Å². The third-order valence-corrected chi connectivity index (χ3v) is 6.83. The molecule has 0 aliphatic carbocycles. The van der Waals surface area contributed by atoms with Crippen LogP contribution in [0, 0.1) is 13.8 Å². The van der Waals surface area contributed by atoms with Crippen LogP contribution in [-0.4, -0.2) is 15.0 Å². The van der Waals surface area contributed by atoms with Crippen LogP contribution in [0.25, 0.3) is 55.5 Å². The Morgan fingerprint density at radius 2 is 1.33 bits per heavy atom. The average Bonchev–Trinajstić information content (AvgIpc) is 2.94. The van der Waals surface area contributed by atoms with Crippen molar-refractivity contribution < 1.29 is 0 Å². The SMILES string of the molecule is Cc1ccc(-c2ccc(-c3cccc(-c4ccccn4)c3)c3ncncc23)c(C)c1-c1ccccc1. The second-order valence-electron chi connectivity index (χ2n) is 9.04. The van der Waals surface area contributed by atoms with Crippen LogP contribution in [0.1, 0.15) is 11.1 Å². The number of hydrogen-bond donors (Lipinski definition) is 0. The molecule has 0 saturated heterocycles. The van der Waals surface area contributed by atoms with E-state index in [2.05, 4.69) is 103 Å². The fraction of sp³-hybridized carbons (Fsp3) is 0.0606. The molecule has 3 nitrogen and oxygen atoms in total. The summed E-state index contributed by atoms with van der Waals surface area (Å²) in [5.41, 5.74) is 12.6. The first kappa shape index (κ1) is 21.9. The molecule has 0 fully saturated rings. The van der Waals surface area contributed by atoms with Crippen molar-refractivity contribution in [3.8, 4) is 44.6 Å². The normalized spacial score (nSPS) is 11.1. The molecule has 172 valence electrons. The third-order valence-electron chi connectivity index (χ3n) is 6.83. The number of aromatic nitrogens is 3. The molecule has 2 aromatic heterocycles. The van der Waals surface area contributed by atoms with Crippen molar-refractivity contribution in [3.05, 3.63) is 127 Å². The van der Waals surface area contributed by atoms with Crippen molar-refractivity contribution in [3.63, 3.8) is 0 Å². The molecule has 0 saturated carbocycles. The highest BCUT2D eigenvalue weighted by Crippen LogP contribution is 2.39. The largest absolute Gasteiger partial charge is 0.256 e. The molecule has 6 rings (SSSR count). The molecule has 0 radical (unpaired) electrons. The van der Waals surface area contributed by atoms with Crippen molar-refractivity contribution in [1.29, 1.82) is 0 Å². The molecule has 0 N–H and O–H groups in total. The monoisotopic (exact) mass is 463 g/mol. The summed E-state index contributed by atoms with van der Waals surface area (Å²) in [6.07, 6.45) is 5.40. The van der Waals surface area contributed by atoms with E-state index in [-0.39, 0.29) is 0 Å². The van der Waals surface area contributed by atoms with E-state index in [4.69, 9.17) is 4.98 Å². The molecule has 0 bridgehead atoms. The number of rotatable bonds is 4. The second kappa shape index (κ2) is 9.20. The van der Waals surface area contributed by atoms with E-state index >= 15 is 0 Å². The summed E-state index contributed by atoms with van der Waals surface area (Å²) in [6.45, 7) is 4.39. The Morgan fingerprint density at radius 3 is 2.17 bits per heavy atom. The summed E-state index contributed by atoms with van der Waals surface area (Å²) in [5, 5.41) is 1.05. The predicted molar refractivity (Wildman–Crippen MR) is 149 cm³/mol. The number of pyridine rings is 1. The van der Waals surface area contributed by atoms with Gasteiger partial charge in [-0.25, -0.2) is 9.97 Å². The van der Waals surface area contributed by atoms with Gasteiger partial charge in [0.2, 0.25) is 0 Å². The zero-order valence-corrected chi connectivity index (χ0v) is 20.3. The van der Waals surface area contributed by atoms with Crippen molar-refractivity contribution in [2.75, 3.05) is 0 Å². The van der Waals surface area contributed by atoms with Crippen LogP contribution in [-0.2, 0) is 0 Å². The maximum absolute atomic E-state index is 4.75. The molecule has 36 heavy (non-hydrogen) atoms. The molecular weight excluding hydrogens is 438 g/mol. The molecule has 3 heteroatoms. The predicted octanol–water partition coefficient (Wildman–Crippen LogP) is 8.31. The molecular formula is C33H25N3. The minimum absolute atomic E-state index is 0.946. The van der Waals surface area contributed by atoms with Gasteiger partial charge in [0.25, 0.3) is 0 Å². The minimum Gasteiger partial charge on any atom is -0.256 e. The van der Waals surface area contributed by atoms with Crippen molar-refractivity contribution in [2.24, 2.45) is 0 Å². The summed E-state index contributed by atoms with van der Waals surface area (Å²) in [5.74, 6) is 0. The summed E-state index contributed by atoms with van der Waals surface area (Å²) in [4.78, 5) is 13.7. The van der Waals surface area contributed by atoms with Gasteiger partial charge in [0.1, 0.15) is 6.33 Å². The summed E-state index contributed by atoms with van der Waals surface area (Å²) >= 11 is 0. The molecule has 6 aromatic rings. The summed E-state index contributed by atoms with van der Waals surface area (Å²) in [6, 6.07) is 33.9. The highest BCUT2D eigenvalue weighted by atomic mass is 14.8. The highest BCUT2D eigenvalue weighted by molar-refractivity contribution is 6.03. The van der Waals surface area contributed by atoms with Crippen LogP contribution in [0.15, 0.2) is 116 Å². The number of fused-ring (bicyclic) bond motifs is 1. The maximum Gasteiger partial charge on any atom is 0.116 e. The lowest BCUT2D eigenvalue weighted by Crippen LogP contribution is -1.95. The molecule has 0 spiro atoms. The van der Waals surface area contributed by atoms with Crippen molar-refractivity contribution in [1.82, 2.24) is 15.0 Å². The fourth-order valence-corrected chi connectivity index (χ4v) is 5.11. The van der Waals surface area contributed by atoms with Gasteiger partial charge in [0, 0.05) is 28.9 Å². The topological polar surface area (TPSA) is 38.7 Å². The number of hydrogen-bond acceptors (Lipinski definition) is 3. The van der Waals surface area contributed by atoms with Gasteiger partial charge in [-0.2, -0.15) is 0 Å². The Kier molecular flexibility index (Phi) is 5.59.